The van der Waals surface area contributed by atoms with Crippen LogP contribution in [-0.2, 0) is 4.79 Å². The van der Waals surface area contributed by atoms with E-state index in [1.807, 2.05) is 19.1 Å². The fourth-order valence-electron chi connectivity index (χ4n) is 1.83. The Morgan fingerprint density at radius 2 is 2.38 bits per heavy atom. The maximum Gasteiger partial charge on any atom is 0.305 e. The van der Waals surface area contributed by atoms with E-state index in [0.29, 0.717) is 12.6 Å². The number of pyridine rings is 1. The number of nitrogens with zero attached hydrogens (tertiary/aromatic N) is 2. The van der Waals surface area contributed by atoms with Crippen molar-refractivity contribution in [2.45, 2.75) is 32.2 Å². The van der Waals surface area contributed by atoms with E-state index in [4.69, 9.17) is 5.11 Å². The van der Waals surface area contributed by atoms with Gasteiger partial charge in [-0.3, -0.25) is 9.78 Å². The molecule has 0 aromatic carbocycles. The summed E-state index contributed by atoms with van der Waals surface area (Å²) in [5.74, 6) is -0.739. The maximum absolute atomic E-state index is 10.6. The quantitative estimate of drug-likeness (QED) is 0.822. The van der Waals surface area contributed by atoms with Crippen molar-refractivity contribution >= 4 is 11.7 Å². The van der Waals surface area contributed by atoms with Crippen molar-refractivity contribution in [3.05, 3.63) is 24.0 Å². The Morgan fingerprint density at radius 1 is 1.62 bits per heavy atom. The molecule has 0 bridgehead atoms. The van der Waals surface area contributed by atoms with Gasteiger partial charge in [-0.1, -0.05) is 0 Å². The van der Waals surface area contributed by atoms with Crippen molar-refractivity contribution in [2.75, 3.05) is 11.4 Å². The molecule has 0 aliphatic heterocycles. The normalized spacial score (nSPS) is 14.8. The van der Waals surface area contributed by atoms with Crippen LogP contribution < -0.4 is 4.90 Å². The number of aliphatic carboxylic acids is 1. The molecular weight excluding hydrogens is 204 g/mol. The standard InChI is InChI=1S/C12H16N2O2/c1-9-8-11(4-6-13-9)14(10-2-3-10)7-5-12(15)16/h4,6,8,10H,2-3,5,7H2,1H3,(H,15,16). The van der Waals surface area contributed by atoms with Crippen molar-refractivity contribution < 1.29 is 9.90 Å². The van der Waals surface area contributed by atoms with Crippen molar-refractivity contribution in [1.29, 1.82) is 0 Å². The van der Waals surface area contributed by atoms with Gasteiger partial charge in [-0.15, -0.1) is 0 Å². The van der Waals surface area contributed by atoms with E-state index in [2.05, 4.69) is 9.88 Å². The number of carboxylic acids is 1. The number of carbonyl (C=O) groups is 1. The first-order valence-electron chi connectivity index (χ1n) is 5.58. The number of hydrogen-bond acceptors (Lipinski definition) is 3. The van der Waals surface area contributed by atoms with Gasteiger partial charge in [-0.25, -0.2) is 0 Å². The molecule has 1 heterocycles. The predicted octanol–water partition coefficient (Wildman–Crippen LogP) is 1.83. The molecule has 1 aliphatic carbocycles. The highest BCUT2D eigenvalue weighted by Gasteiger charge is 2.29. The van der Waals surface area contributed by atoms with Gasteiger partial charge in [0.15, 0.2) is 0 Å². The summed E-state index contributed by atoms with van der Waals surface area (Å²) in [6, 6.07) is 4.49. The molecule has 0 saturated heterocycles. The second-order valence-electron chi connectivity index (χ2n) is 4.22. The highest BCUT2D eigenvalue weighted by Crippen LogP contribution is 2.31. The van der Waals surface area contributed by atoms with Crippen LogP contribution >= 0.6 is 0 Å². The molecule has 2 rings (SSSR count). The highest BCUT2D eigenvalue weighted by atomic mass is 16.4. The smallest absolute Gasteiger partial charge is 0.305 e. The Balaban J connectivity index is 2.09. The zero-order chi connectivity index (χ0) is 11.5. The molecule has 0 amide bonds. The van der Waals surface area contributed by atoms with Gasteiger partial charge in [0.25, 0.3) is 0 Å². The molecule has 0 atom stereocenters. The van der Waals surface area contributed by atoms with Crippen molar-refractivity contribution in [3.8, 4) is 0 Å². The summed E-state index contributed by atoms with van der Waals surface area (Å²) in [5, 5.41) is 8.73. The lowest BCUT2D eigenvalue weighted by atomic mass is 10.2. The van der Waals surface area contributed by atoms with Crippen LogP contribution in [0, 0.1) is 6.92 Å². The second-order valence-corrected chi connectivity index (χ2v) is 4.22. The van der Waals surface area contributed by atoms with Crippen molar-refractivity contribution in [3.63, 3.8) is 0 Å². The number of anilines is 1. The highest BCUT2D eigenvalue weighted by molar-refractivity contribution is 5.67. The van der Waals surface area contributed by atoms with Gasteiger partial charge in [-0.2, -0.15) is 0 Å². The van der Waals surface area contributed by atoms with Gasteiger partial charge in [0.2, 0.25) is 0 Å². The molecule has 1 N–H and O–H groups in total. The summed E-state index contributed by atoms with van der Waals surface area (Å²) in [7, 11) is 0. The minimum atomic E-state index is -0.739. The molecule has 0 spiro atoms. The van der Waals surface area contributed by atoms with Crippen LogP contribution in [0.5, 0.6) is 0 Å². The van der Waals surface area contributed by atoms with Crippen LogP contribution in [0.2, 0.25) is 0 Å². The third kappa shape index (κ3) is 2.72. The van der Waals surface area contributed by atoms with E-state index in [9.17, 15) is 4.79 Å². The summed E-state index contributed by atoms with van der Waals surface area (Å²) in [6.45, 7) is 2.54. The van der Waals surface area contributed by atoms with Gasteiger partial charge in [0.05, 0.1) is 6.42 Å². The van der Waals surface area contributed by atoms with Crippen LogP contribution in [-0.4, -0.2) is 28.6 Å². The van der Waals surface area contributed by atoms with Crippen LogP contribution in [0.1, 0.15) is 25.0 Å². The van der Waals surface area contributed by atoms with Gasteiger partial charge in [0.1, 0.15) is 0 Å². The number of rotatable bonds is 5. The molecule has 86 valence electrons. The molecule has 1 saturated carbocycles. The Bertz CT molecular complexity index is 388. The molecule has 1 fully saturated rings. The Labute approximate surface area is 94.9 Å². The Kier molecular flexibility index (Phi) is 3.08. The van der Waals surface area contributed by atoms with Crippen molar-refractivity contribution in [1.82, 2.24) is 4.98 Å². The summed E-state index contributed by atoms with van der Waals surface area (Å²) >= 11 is 0. The molecule has 4 heteroatoms. The van der Waals surface area contributed by atoms with Gasteiger partial charge >= 0.3 is 5.97 Å². The minimum Gasteiger partial charge on any atom is -0.481 e. The van der Waals surface area contributed by atoms with E-state index in [1.54, 1.807) is 6.20 Å². The van der Waals surface area contributed by atoms with Gasteiger partial charge in [0, 0.05) is 30.2 Å². The van der Waals surface area contributed by atoms with Crippen LogP contribution in [0.25, 0.3) is 0 Å². The lowest BCUT2D eigenvalue weighted by molar-refractivity contribution is -0.136. The summed E-state index contributed by atoms with van der Waals surface area (Å²) in [4.78, 5) is 16.9. The maximum atomic E-state index is 10.6. The lowest BCUT2D eigenvalue weighted by Gasteiger charge is -2.24. The molecule has 1 aromatic heterocycles. The van der Waals surface area contributed by atoms with E-state index in [0.717, 1.165) is 11.4 Å². The molecule has 0 unspecified atom stereocenters. The van der Waals surface area contributed by atoms with E-state index >= 15 is 0 Å². The first-order chi connectivity index (χ1) is 7.66. The first kappa shape index (κ1) is 10.9. The fraction of sp³-hybridized carbons (Fsp3) is 0.500. The SMILES string of the molecule is Cc1cc(N(CCC(=O)O)C2CC2)ccn1. The lowest BCUT2D eigenvalue weighted by Crippen LogP contribution is -2.28. The number of hydrogen-bond donors (Lipinski definition) is 1. The first-order valence-corrected chi connectivity index (χ1v) is 5.58. The second kappa shape index (κ2) is 4.51. The third-order valence-electron chi connectivity index (χ3n) is 2.77. The molecular formula is C12H16N2O2. The Hall–Kier alpha value is -1.58. The molecule has 0 radical (unpaired) electrons. The number of carboxylic acid groups (broad SMARTS) is 1. The van der Waals surface area contributed by atoms with Gasteiger partial charge < -0.3 is 10.0 Å². The molecule has 16 heavy (non-hydrogen) atoms. The van der Waals surface area contributed by atoms with Crippen LogP contribution in [0.15, 0.2) is 18.3 Å². The summed E-state index contributed by atoms with van der Waals surface area (Å²) < 4.78 is 0. The molecule has 4 nitrogen and oxygen atoms in total. The zero-order valence-electron chi connectivity index (χ0n) is 9.39. The predicted molar refractivity (Wildman–Crippen MR) is 61.6 cm³/mol. The number of aromatic nitrogens is 1. The average Bonchev–Trinajstić information content (AvgIpc) is 3.02. The molecule has 1 aromatic rings. The van der Waals surface area contributed by atoms with E-state index in [1.165, 1.54) is 12.8 Å². The van der Waals surface area contributed by atoms with Gasteiger partial charge in [-0.05, 0) is 31.9 Å². The summed E-state index contributed by atoms with van der Waals surface area (Å²) in [6.07, 6.45) is 4.31. The topological polar surface area (TPSA) is 53.4 Å². The number of aryl methyl sites for hydroxylation is 1. The zero-order valence-corrected chi connectivity index (χ0v) is 9.39. The summed E-state index contributed by atoms with van der Waals surface area (Å²) in [5.41, 5.74) is 2.06. The third-order valence-corrected chi connectivity index (χ3v) is 2.77. The van der Waals surface area contributed by atoms with E-state index in [-0.39, 0.29) is 6.42 Å². The Morgan fingerprint density at radius 3 is 2.94 bits per heavy atom. The van der Waals surface area contributed by atoms with Crippen LogP contribution in [0.3, 0.4) is 0 Å². The molecule has 1 aliphatic rings. The fourth-order valence-corrected chi connectivity index (χ4v) is 1.83. The van der Waals surface area contributed by atoms with Crippen LogP contribution in [0.4, 0.5) is 5.69 Å². The van der Waals surface area contributed by atoms with Crippen molar-refractivity contribution in [2.24, 2.45) is 0 Å². The largest absolute Gasteiger partial charge is 0.481 e. The minimum absolute atomic E-state index is 0.192. The average molecular weight is 220 g/mol. The monoisotopic (exact) mass is 220 g/mol. The van der Waals surface area contributed by atoms with E-state index < -0.39 is 5.97 Å².